The molecule has 25 heavy (non-hydrogen) atoms. The van der Waals surface area contributed by atoms with Crippen LogP contribution in [0.15, 0.2) is 54.9 Å². The van der Waals surface area contributed by atoms with Gasteiger partial charge in [0.25, 0.3) is 5.91 Å². The average molecular weight is 336 g/mol. The molecule has 0 unspecified atom stereocenters. The topological polar surface area (TPSA) is 78.3 Å². The number of benzene rings is 1. The highest BCUT2D eigenvalue weighted by Gasteiger charge is 2.15. The maximum absolute atomic E-state index is 12.4. The van der Waals surface area contributed by atoms with Crippen LogP contribution >= 0.6 is 0 Å². The Labute approximate surface area is 144 Å². The molecule has 1 aromatic carbocycles. The first-order valence-corrected chi connectivity index (χ1v) is 7.92. The summed E-state index contributed by atoms with van der Waals surface area (Å²) >= 11 is 0. The monoisotopic (exact) mass is 336 g/mol. The number of carbonyl (C=O) groups is 1. The normalized spacial score (nSPS) is 12.6. The van der Waals surface area contributed by atoms with Crippen molar-refractivity contribution >= 4 is 11.7 Å². The first-order chi connectivity index (χ1) is 12.3. The summed E-state index contributed by atoms with van der Waals surface area (Å²) in [6.07, 6.45) is 3.54. The molecule has 3 aromatic rings. The minimum absolute atomic E-state index is 0.250. The summed E-state index contributed by atoms with van der Waals surface area (Å²) in [5.74, 6) is 1.47. The van der Waals surface area contributed by atoms with E-state index in [2.05, 4.69) is 15.4 Å². The molecular formula is C18H16N4O3. The van der Waals surface area contributed by atoms with E-state index in [0.717, 1.165) is 5.69 Å². The third-order valence-electron chi connectivity index (χ3n) is 3.74. The van der Waals surface area contributed by atoms with Gasteiger partial charge in [0.15, 0.2) is 17.3 Å². The largest absolute Gasteiger partial charge is 0.486 e. The maximum atomic E-state index is 12.4. The molecule has 0 saturated heterocycles. The van der Waals surface area contributed by atoms with Gasteiger partial charge in [-0.3, -0.25) is 14.5 Å². The lowest BCUT2D eigenvalue weighted by molar-refractivity contribution is 0.102. The lowest BCUT2D eigenvalue weighted by Crippen LogP contribution is -2.17. The molecule has 1 aliphatic rings. The Hall–Kier alpha value is -3.35. The Bertz CT molecular complexity index is 892. The second-order valence-corrected chi connectivity index (χ2v) is 5.53. The smallest absolute Gasteiger partial charge is 0.257 e. The second kappa shape index (κ2) is 6.64. The van der Waals surface area contributed by atoms with Crippen molar-refractivity contribution in [1.82, 2.24) is 14.8 Å². The number of anilines is 1. The first-order valence-electron chi connectivity index (χ1n) is 7.92. The summed E-state index contributed by atoms with van der Waals surface area (Å²) in [7, 11) is 0. The molecule has 2 aromatic heterocycles. The minimum atomic E-state index is -0.250. The number of ether oxygens (including phenoxy) is 2. The van der Waals surface area contributed by atoms with Crippen LogP contribution in [0.4, 0.5) is 5.82 Å². The van der Waals surface area contributed by atoms with Crippen molar-refractivity contribution in [3.8, 4) is 11.5 Å². The fourth-order valence-corrected chi connectivity index (χ4v) is 2.55. The van der Waals surface area contributed by atoms with Crippen LogP contribution in [-0.4, -0.2) is 33.9 Å². The molecule has 4 rings (SSSR count). The van der Waals surface area contributed by atoms with Gasteiger partial charge in [-0.2, -0.15) is 5.10 Å². The zero-order valence-electron chi connectivity index (χ0n) is 13.4. The molecule has 3 heterocycles. The predicted molar refractivity (Wildman–Crippen MR) is 91.0 cm³/mol. The number of hydrogen-bond acceptors (Lipinski definition) is 5. The predicted octanol–water partition coefficient (Wildman–Crippen LogP) is 2.35. The van der Waals surface area contributed by atoms with E-state index in [1.807, 2.05) is 18.2 Å². The quantitative estimate of drug-likeness (QED) is 0.791. The van der Waals surface area contributed by atoms with Crippen LogP contribution in [0.2, 0.25) is 0 Å². The minimum Gasteiger partial charge on any atom is -0.486 e. The van der Waals surface area contributed by atoms with E-state index in [0.29, 0.717) is 42.6 Å². The third-order valence-corrected chi connectivity index (χ3v) is 3.74. The van der Waals surface area contributed by atoms with Gasteiger partial charge in [0.1, 0.15) is 13.2 Å². The molecule has 126 valence electrons. The van der Waals surface area contributed by atoms with Crippen LogP contribution < -0.4 is 14.8 Å². The van der Waals surface area contributed by atoms with E-state index in [1.54, 1.807) is 41.3 Å². The highest BCUT2D eigenvalue weighted by Crippen LogP contribution is 2.30. The van der Waals surface area contributed by atoms with Crippen molar-refractivity contribution in [1.29, 1.82) is 0 Å². The Balaban J connectivity index is 1.44. The van der Waals surface area contributed by atoms with Crippen LogP contribution in [-0.2, 0) is 6.54 Å². The van der Waals surface area contributed by atoms with Crippen molar-refractivity contribution in [2.75, 3.05) is 18.5 Å². The number of hydrogen-bond donors (Lipinski definition) is 1. The zero-order valence-corrected chi connectivity index (χ0v) is 13.4. The standard InChI is InChI=1S/C18H16N4O3/c23-18(13-4-5-15-16(11-13)25-10-9-24-15)20-17-6-8-22(21-17)12-14-3-1-2-7-19-14/h1-8,11H,9-10,12H2,(H,20,21,23). The van der Waals surface area contributed by atoms with E-state index in [9.17, 15) is 4.79 Å². The van der Waals surface area contributed by atoms with Gasteiger partial charge in [0.05, 0.1) is 12.2 Å². The lowest BCUT2D eigenvalue weighted by atomic mass is 10.2. The van der Waals surface area contributed by atoms with Gasteiger partial charge < -0.3 is 14.8 Å². The Morgan fingerprint density at radius 2 is 2.00 bits per heavy atom. The number of fused-ring (bicyclic) bond motifs is 1. The van der Waals surface area contributed by atoms with Crippen LogP contribution in [0.5, 0.6) is 11.5 Å². The number of nitrogens with zero attached hydrogens (tertiary/aromatic N) is 3. The zero-order chi connectivity index (χ0) is 17.1. The molecule has 0 saturated carbocycles. The molecule has 0 radical (unpaired) electrons. The summed E-state index contributed by atoms with van der Waals surface area (Å²) in [5, 5.41) is 7.13. The lowest BCUT2D eigenvalue weighted by Gasteiger charge is -2.18. The average Bonchev–Trinajstić information content (AvgIpc) is 3.09. The molecule has 0 atom stereocenters. The molecule has 7 nitrogen and oxygen atoms in total. The number of carbonyl (C=O) groups excluding carboxylic acids is 1. The Morgan fingerprint density at radius 1 is 1.12 bits per heavy atom. The number of amides is 1. The SMILES string of the molecule is O=C(Nc1ccn(Cc2ccccn2)n1)c1ccc2c(c1)OCCO2. The molecule has 0 aliphatic carbocycles. The van der Waals surface area contributed by atoms with Gasteiger partial charge in [-0.05, 0) is 30.3 Å². The highest BCUT2D eigenvalue weighted by molar-refractivity contribution is 6.04. The highest BCUT2D eigenvalue weighted by atomic mass is 16.6. The van der Waals surface area contributed by atoms with Crippen molar-refractivity contribution in [2.45, 2.75) is 6.54 Å². The molecule has 0 bridgehead atoms. The fourth-order valence-electron chi connectivity index (χ4n) is 2.55. The summed E-state index contributed by atoms with van der Waals surface area (Å²) in [6, 6.07) is 12.6. The summed E-state index contributed by atoms with van der Waals surface area (Å²) in [4.78, 5) is 16.7. The van der Waals surface area contributed by atoms with Gasteiger partial charge in [-0.25, -0.2) is 0 Å². The van der Waals surface area contributed by atoms with Gasteiger partial charge in [0.2, 0.25) is 0 Å². The number of rotatable bonds is 4. The first kappa shape index (κ1) is 15.2. The van der Waals surface area contributed by atoms with E-state index in [-0.39, 0.29) is 5.91 Å². The molecule has 1 N–H and O–H groups in total. The van der Waals surface area contributed by atoms with Gasteiger partial charge in [0, 0.05) is 24.0 Å². The van der Waals surface area contributed by atoms with E-state index in [1.165, 1.54) is 0 Å². The summed E-state index contributed by atoms with van der Waals surface area (Å²) in [6.45, 7) is 1.54. The van der Waals surface area contributed by atoms with Crippen LogP contribution in [0.1, 0.15) is 16.1 Å². The van der Waals surface area contributed by atoms with Gasteiger partial charge >= 0.3 is 0 Å². The van der Waals surface area contributed by atoms with Crippen molar-refractivity contribution in [3.63, 3.8) is 0 Å². The molecular weight excluding hydrogens is 320 g/mol. The fraction of sp³-hybridized carbons (Fsp3) is 0.167. The van der Waals surface area contributed by atoms with Gasteiger partial charge in [-0.15, -0.1) is 0 Å². The molecule has 0 fully saturated rings. The maximum Gasteiger partial charge on any atom is 0.257 e. The molecule has 0 spiro atoms. The Kier molecular flexibility index (Phi) is 4.04. The van der Waals surface area contributed by atoms with E-state index >= 15 is 0 Å². The van der Waals surface area contributed by atoms with Crippen molar-refractivity contribution in [3.05, 3.63) is 66.1 Å². The Morgan fingerprint density at radius 3 is 2.84 bits per heavy atom. The van der Waals surface area contributed by atoms with Crippen LogP contribution in [0.25, 0.3) is 0 Å². The van der Waals surface area contributed by atoms with Crippen molar-refractivity contribution in [2.24, 2.45) is 0 Å². The number of aromatic nitrogens is 3. The van der Waals surface area contributed by atoms with Crippen LogP contribution in [0.3, 0.4) is 0 Å². The van der Waals surface area contributed by atoms with E-state index < -0.39 is 0 Å². The van der Waals surface area contributed by atoms with Gasteiger partial charge in [-0.1, -0.05) is 6.07 Å². The van der Waals surface area contributed by atoms with E-state index in [4.69, 9.17) is 9.47 Å². The summed E-state index contributed by atoms with van der Waals surface area (Å²) < 4.78 is 12.7. The van der Waals surface area contributed by atoms with Crippen LogP contribution in [0, 0.1) is 0 Å². The number of pyridine rings is 1. The molecule has 7 heteroatoms. The number of nitrogens with one attached hydrogen (secondary N) is 1. The van der Waals surface area contributed by atoms with Crippen molar-refractivity contribution < 1.29 is 14.3 Å². The second-order valence-electron chi connectivity index (χ2n) is 5.53. The molecule has 1 aliphatic heterocycles. The molecule has 1 amide bonds. The summed E-state index contributed by atoms with van der Waals surface area (Å²) in [5.41, 5.74) is 1.39. The third kappa shape index (κ3) is 3.45.